The van der Waals surface area contributed by atoms with Crippen LogP contribution in [0, 0.1) is 0 Å². The number of hydrogen-bond donors (Lipinski definition) is 0. The molecule has 1 atom stereocenters. The Morgan fingerprint density at radius 2 is 2.05 bits per heavy atom. The van der Waals surface area contributed by atoms with Gasteiger partial charge < -0.3 is 9.47 Å². The van der Waals surface area contributed by atoms with Gasteiger partial charge in [0.25, 0.3) is 5.19 Å². The van der Waals surface area contributed by atoms with Gasteiger partial charge >= 0.3 is 5.97 Å². The topological polar surface area (TPSA) is 48.4 Å². The van der Waals surface area contributed by atoms with Gasteiger partial charge in [-0.25, -0.2) is 4.79 Å². The standard InChI is InChI=1S/C13H12ClNO3S/c1-8(9-6-4-3-5-7-9)18-13-15-11(14)10(19-13)12(16)17-2/h3-8H,1-2H3. The van der Waals surface area contributed by atoms with E-state index in [1.807, 2.05) is 37.3 Å². The van der Waals surface area contributed by atoms with Crippen molar-refractivity contribution in [3.8, 4) is 5.19 Å². The van der Waals surface area contributed by atoms with Gasteiger partial charge in [-0.3, -0.25) is 0 Å². The van der Waals surface area contributed by atoms with Crippen LogP contribution in [0.15, 0.2) is 30.3 Å². The van der Waals surface area contributed by atoms with Crippen molar-refractivity contribution in [1.29, 1.82) is 0 Å². The first kappa shape index (κ1) is 13.8. The second-order valence-corrected chi connectivity index (χ2v) is 5.08. The SMILES string of the molecule is COC(=O)c1sc(OC(C)c2ccccc2)nc1Cl. The molecule has 0 aliphatic carbocycles. The highest BCUT2D eigenvalue weighted by molar-refractivity contribution is 7.15. The minimum Gasteiger partial charge on any atom is -0.465 e. The van der Waals surface area contributed by atoms with Crippen molar-refractivity contribution in [3.05, 3.63) is 45.9 Å². The quantitative estimate of drug-likeness (QED) is 0.807. The highest BCUT2D eigenvalue weighted by Gasteiger charge is 2.19. The van der Waals surface area contributed by atoms with Gasteiger partial charge in [0.2, 0.25) is 0 Å². The van der Waals surface area contributed by atoms with Crippen LogP contribution in [0.25, 0.3) is 0 Å². The molecule has 0 fully saturated rings. The lowest BCUT2D eigenvalue weighted by molar-refractivity contribution is 0.0606. The number of halogens is 1. The fourth-order valence-electron chi connectivity index (χ4n) is 1.50. The Labute approximate surface area is 120 Å². The summed E-state index contributed by atoms with van der Waals surface area (Å²) in [6, 6.07) is 9.72. The van der Waals surface area contributed by atoms with Crippen molar-refractivity contribution in [1.82, 2.24) is 4.98 Å². The molecule has 0 amide bonds. The lowest BCUT2D eigenvalue weighted by atomic mass is 10.1. The molecule has 1 unspecified atom stereocenters. The monoisotopic (exact) mass is 297 g/mol. The zero-order valence-corrected chi connectivity index (χ0v) is 12.0. The van der Waals surface area contributed by atoms with Crippen LogP contribution in [-0.2, 0) is 4.74 Å². The summed E-state index contributed by atoms with van der Waals surface area (Å²) in [7, 11) is 1.30. The Bertz CT molecular complexity index is 571. The molecule has 0 N–H and O–H groups in total. The molecule has 1 heterocycles. The van der Waals surface area contributed by atoms with Gasteiger partial charge in [-0.1, -0.05) is 53.3 Å². The number of aromatic nitrogens is 1. The molecule has 0 radical (unpaired) electrons. The third kappa shape index (κ3) is 3.24. The summed E-state index contributed by atoms with van der Waals surface area (Å²) in [6.45, 7) is 1.91. The smallest absolute Gasteiger partial charge is 0.351 e. The number of esters is 1. The van der Waals surface area contributed by atoms with E-state index in [0.29, 0.717) is 5.19 Å². The molecular weight excluding hydrogens is 286 g/mol. The first-order chi connectivity index (χ1) is 9.11. The third-order valence-electron chi connectivity index (χ3n) is 2.48. The number of carbonyl (C=O) groups excluding carboxylic acids is 1. The molecule has 0 aliphatic heterocycles. The highest BCUT2D eigenvalue weighted by Crippen LogP contribution is 2.32. The fourth-order valence-corrected chi connectivity index (χ4v) is 2.62. The lowest BCUT2D eigenvalue weighted by Gasteiger charge is -2.11. The van der Waals surface area contributed by atoms with E-state index in [9.17, 15) is 4.79 Å². The minimum absolute atomic E-state index is 0.104. The first-order valence-electron chi connectivity index (χ1n) is 5.58. The van der Waals surface area contributed by atoms with Crippen molar-refractivity contribution < 1.29 is 14.3 Å². The van der Waals surface area contributed by atoms with Gasteiger partial charge in [0, 0.05) is 0 Å². The largest absolute Gasteiger partial charge is 0.465 e. The highest BCUT2D eigenvalue weighted by atomic mass is 35.5. The average Bonchev–Trinajstić information content (AvgIpc) is 2.79. The van der Waals surface area contributed by atoms with Gasteiger partial charge in [-0.05, 0) is 12.5 Å². The summed E-state index contributed by atoms with van der Waals surface area (Å²) in [4.78, 5) is 15.7. The van der Waals surface area contributed by atoms with Crippen LogP contribution in [0.3, 0.4) is 0 Å². The number of carbonyl (C=O) groups is 1. The van der Waals surface area contributed by atoms with Crippen molar-refractivity contribution >= 4 is 28.9 Å². The van der Waals surface area contributed by atoms with Crippen LogP contribution in [0.5, 0.6) is 5.19 Å². The van der Waals surface area contributed by atoms with E-state index in [-0.39, 0.29) is 16.1 Å². The van der Waals surface area contributed by atoms with Crippen LogP contribution in [0.4, 0.5) is 0 Å². The van der Waals surface area contributed by atoms with Crippen LogP contribution in [0.2, 0.25) is 5.15 Å². The molecule has 2 aromatic rings. The lowest BCUT2D eigenvalue weighted by Crippen LogP contribution is -2.02. The van der Waals surface area contributed by atoms with Gasteiger partial charge in [-0.15, -0.1) is 0 Å². The average molecular weight is 298 g/mol. The number of rotatable bonds is 4. The molecule has 1 aromatic carbocycles. The maximum absolute atomic E-state index is 11.4. The van der Waals surface area contributed by atoms with Crippen molar-refractivity contribution in [3.63, 3.8) is 0 Å². The second-order valence-electron chi connectivity index (χ2n) is 3.76. The van der Waals surface area contributed by atoms with Crippen LogP contribution >= 0.6 is 22.9 Å². The van der Waals surface area contributed by atoms with E-state index < -0.39 is 5.97 Å². The predicted octanol–water partition coefficient (Wildman–Crippen LogP) is 3.72. The van der Waals surface area contributed by atoms with Crippen molar-refractivity contribution in [2.24, 2.45) is 0 Å². The zero-order chi connectivity index (χ0) is 13.8. The van der Waals surface area contributed by atoms with Gasteiger partial charge in [-0.2, -0.15) is 4.98 Å². The van der Waals surface area contributed by atoms with Crippen LogP contribution in [0.1, 0.15) is 28.3 Å². The molecule has 4 nitrogen and oxygen atoms in total. The van der Waals surface area contributed by atoms with E-state index in [1.54, 1.807) is 0 Å². The molecule has 0 saturated heterocycles. The number of methoxy groups -OCH3 is 1. The molecule has 0 saturated carbocycles. The predicted molar refractivity (Wildman–Crippen MR) is 73.9 cm³/mol. The summed E-state index contributed by atoms with van der Waals surface area (Å²) >= 11 is 6.94. The maximum Gasteiger partial charge on any atom is 0.351 e. The molecule has 0 spiro atoms. The van der Waals surface area contributed by atoms with Gasteiger partial charge in [0.05, 0.1) is 7.11 Å². The number of nitrogens with zero attached hydrogens (tertiary/aromatic N) is 1. The van der Waals surface area contributed by atoms with E-state index in [0.717, 1.165) is 16.9 Å². The Morgan fingerprint density at radius 1 is 1.37 bits per heavy atom. The molecule has 0 bridgehead atoms. The number of thiazole rings is 1. The Kier molecular flexibility index (Phi) is 4.39. The Morgan fingerprint density at radius 3 is 2.68 bits per heavy atom. The molecule has 0 aliphatic rings. The van der Waals surface area contributed by atoms with Crippen molar-refractivity contribution in [2.75, 3.05) is 7.11 Å². The third-order valence-corrected chi connectivity index (χ3v) is 3.80. The van der Waals surface area contributed by atoms with Gasteiger partial charge in [0.1, 0.15) is 6.10 Å². The van der Waals surface area contributed by atoms with E-state index in [4.69, 9.17) is 16.3 Å². The minimum atomic E-state index is -0.510. The van der Waals surface area contributed by atoms with Crippen molar-refractivity contribution in [2.45, 2.75) is 13.0 Å². The zero-order valence-electron chi connectivity index (χ0n) is 10.4. The summed E-state index contributed by atoms with van der Waals surface area (Å²) in [5.41, 5.74) is 1.02. The molecular formula is C13H12ClNO3S. The molecule has 1 aromatic heterocycles. The Balaban J connectivity index is 2.14. The Hall–Kier alpha value is -1.59. The van der Waals surface area contributed by atoms with Crippen LogP contribution in [-0.4, -0.2) is 18.1 Å². The normalized spacial score (nSPS) is 11.9. The summed E-state index contributed by atoms with van der Waals surface area (Å²) in [5.74, 6) is -0.510. The van der Waals surface area contributed by atoms with E-state index in [1.165, 1.54) is 7.11 Å². The molecule has 19 heavy (non-hydrogen) atoms. The van der Waals surface area contributed by atoms with E-state index in [2.05, 4.69) is 9.72 Å². The fraction of sp³-hybridized carbons (Fsp3) is 0.231. The summed E-state index contributed by atoms with van der Waals surface area (Å²) < 4.78 is 10.3. The number of ether oxygens (including phenoxy) is 2. The first-order valence-corrected chi connectivity index (χ1v) is 6.77. The molecule has 2 rings (SSSR count). The van der Waals surface area contributed by atoms with Crippen LogP contribution < -0.4 is 4.74 Å². The molecule has 100 valence electrons. The second kappa shape index (κ2) is 6.04. The summed E-state index contributed by atoms with van der Waals surface area (Å²) in [6.07, 6.45) is -0.172. The van der Waals surface area contributed by atoms with Gasteiger partial charge in [0.15, 0.2) is 10.0 Å². The number of hydrogen-bond acceptors (Lipinski definition) is 5. The van der Waals surface area contributed by atoms with E-state index >= 15 is 0 Å². The molecule has 6 heteroatoms. The summed E-state index contributed by atoms with van der Waals surface area (Å²) in [5, 5.41) is 0.453. The number of benzene rings is 1. The maximum atomic E-state index is 11.4.